The van der Waals surface area contributed by atoms with E-state index in [9.17, 15) is 0 Å². The first-order valence-electron chi connectivity index (χ1n) is 9.13. The van der Waals surface area contributed by atoms with Crippen molar-refractivity contribution in [2.45, 2.75) is 65.0 Å². The van der Waals surface area contributed by atoms with E-state index in [0.717, 1.165) is 31.3 Å². The van der Waals surface area contributed by atoms with Crippen LogP contribution >= 0.6 is 24.0 Å². The van der Waals surface area contributed by atoms with Gasteiger partial charge in [-0.2, -0.15) is 5.10 Å². The van der Waals surface area contributed by atoms with Crippen LogP contribution in [0.5, 0.6) is 0 Å². The fourth-order valence-corrected chi connectivity index (χ4v) is 3.84. The van der Waals surface area contributed by atoms with E-state index in [-0.39, 0.29) is 24.0 Å². The first kappa shape index (κ1) is 19.5. The minimum Gasteiger partial charge on any atom is -0.351 e. The molecule has 2 aliphatic rings. The van der Waals surface area contributed by atoms with Crippen LogP contribution in [0.25, 0.3) is 0 Å². The second-order valence-corrected chi connectivity index (χ2v) is 7.46. The van der Waals surface area contributed by atoms with Gasteiger partial charge in [0.05, 0.1) is 18.3 Å². The van der Waals surface area contributed by atoms with Gasteiger partial charge in [-0.3, -0.25) is 9.67 Å². The molecule has 1 aromatic heterocycles. The Hall–Kier alpha value is -0.790. The zero-order valence-corrected chi connectivity index (χ0v) is 17.6. The minimum absolute atomic E-state index is 0. The van der Waals surface area contributed by atoms with E-state index in [1.54, 1.807) is 0 Å². The molecule has 1 N–H and O–H groups in total. The van der Waals surface area contributed by atoms with E-state index in [1.165, 1.54) is 38.5 Å². The summed E-state index contributed by atoms with van der Waals surface area (Å²) in [6.45, 7) is 7.62. The van der Waals surface area contributed by atoms with E-state index in [0.29, 0.717) is 11.5 Å². The summed E-state index contributed by atoms with van der Waals surface area (Å²) in [5, 5.41) is 8.24. The lowest BCUT2D eigenvalue weighted by Crippen LogP contribution is -2.40. The van der Waals surface area contributed by atoms with Crippen molar-refractivity contribution in [1.29, 1.82) is 0 Å². The smallest absolute Gasteiger partial charge is 0.193 e. The van der Waals surface area contributed by atoms with Crippen molar-refractivity contribution in [3.8, 4) is 0 Å². The van der Waals surface area contributed by atoms with Crippen molar-refractivity contribution < 1.29 is 0 Å². The zero-order valence-electron chi connectivity index (χ0n) is 15.3. The fourth-order valence-electron chi connectivity index (χ4n) is 3.84. The van der Waals surface area contributed by atoms with E-state index in [2.05, 4.69) is 46.0 Å². The lowest BCUT2D eigenvalue weighted by atomic mass is 9.87. The van der Waals surface area contributed by atoms with Crippen molar-refractivity contribution in [1.82, 2.24) is 20.0 Å². The summed E-state index contributed by atoms with van der Waals surface area (Å²) in [5.74, 6) is 1.01. The van der Waals surface area contributed by atoms with Gasteiger partial charge in [0.25, 0.3) is 0 Å². The molecule has 0 spiro atoms. The predicted molar refractivity (Wildman–Crippen MR) is 110 cm³/mol. The van der Waals surface area contributed by atoms with Crippen LogP contribution < -0.4 is 5.32 Å². The van der Waals surface area contributed by atoms with Gasteiger partial charge < -0.3 is 10.2 Å². The standard InChI is InChI=1S/C18H31N5.HI/c1-4-18(2)10-12-22(14-18)17(19-3)20-13-15-9-11-23(21-15)16-7-5-6-8-16;/h9,11,16H,4-8,10,12-14H2,1-3H3,(H,19,20);1H. The minimum atomic E-state index is 0. The number of likely N-dealkylation sites (tertiary alicyclic amines) is 1. The molecule has 1 saturated heterocycles. The third-order valence-corrected chi connectivity index (χ3v) is 5.71. The highest BCUT2D eigenvalue weighted by molar-refractivity contribution is 14.0. The SMILES string of the molecule is CCC1(C)CCN(C(=NC)NCc2ccn(C3CCCC3)n2)C1.I. The molecule has 1 aromatic rings. The summed E-state index contributed by atoms with van der Waals surface area (Å²) in [5.41, 5.74) is 1.54. The summed E-state index contributed by atoms with van der Waals surface area (Å²) < 4.78 is 2.16. The lowest BCUT2D eigenvalue weighted by molar-refractivity contribution is 0.322. The summed E-state index contributed by atoms with van der Waals surface area (Å²) in [6.07, 6.45) is 9.86. The van der Waals surface area contributed by atoms with Gasteiger partial charge in [0, 0.05) is 26.3 Å². The van der Waals surface area contributed by atoms with Crippen molar-refractivity contribution >= 4 is 29.9 Å². The quantitative estimate of drug-likeness (QED) is 0.436. The molecule has 1 aliphatic heterocycles. The summed E-state index contributed by atoms with van der Waals surface area (Å²) in [7, 11) is 1.88. The Balaban J connectivity index is 0.00000208. The van der Waals surface area contributed by atoms with Crippen molar-refractivity contribution in [2.24, 2.45) is 10.4 Å². The van der Waals surface area contributed by atoms with Crippen LogP contribution in [0.15, 0.2) is 17.3 Å². The number of aromatic nitrogens is 2. The molecule has 5 nitrogen and oxygen atoms in total. The van der Waals surface area contributed by atoms with Crippen molar-refractivity contribution in [2.75, 3.05) is 20.1 Å². The number of rotatable bonds is 4. The molecule has 0 bridgehead atoms. The Morgan fingerprint density at radius 3 is 2.79 bits per heavy atom. The number of nitrogens with one attached hydrogen (secondary N) is 1. The van der Waals surface area contributed by atoms with Gasteiger partial charge in [0.1, 0.15) is 0 Å². The first-order chi connectivity index (χ1) is 11.1. The fraction of sp³-hybridized carbons (Fsp3) is 0.778. The Morgan fingerprint density at radius 1 is 1.42 bits per heavy atom. The highest BCUT2D eigenvalue weighted by Gasteiger charge is 2.33. The van der Waals surface area contributed by atoms with Gasteiger partial charge in [-0.1, -0.05) is 26.7 Å². The monoisotopic (exact) mass is 445 g/mol. The Kier molecular flexibility index (Phi) is 6.95. The van der Waals surface area contributed by atoms with Gasteiger partial charge in [0.15, 0.2) is 5.96 Å². The molecular formula is C18H32IN5. The maximum Gasteiger partial charge on any atom is 0.193 e. The molecule has 1 aliphatic carbocycles. The van der Waals surface area contributed by atoms with Crippen molar-refractivity contribution in [3.63, 3.8) is 0 Å². The molecule has 1 saturated carbocycles. The molecule has 2 heterocycles. The highest BCUT2D eigenvalue weighted by Crippen LogP contribution is 2.33. The second kappa shape index (κ2) is 8.54. The predicted octanol–water partition coefficient (Wildman–Crippen LogP) is 3.81. The number of guanidine groups is 1. The molecule has 2 fully saturated rings. The first-order valence-corrected chi connectivity index (χ1v) is 9.13. The summed E-state index contributed by atoms with van der Waals surface area (Å²) in [6, 6.07) is 2.76. The van der Waals surface area contributed by atoms with Crippen LogP contribution in [-0.2, 0) is 6.54 Å². The number of aliphatic imine (C=N–C) groups is 1. The second-order valence-electron chi connectivity index (χ2n) is 7.46. The summed E-state index contributed by atoms with van der Waals surface area (Å²) in [4.78, 5) is 6.85. The van der Waals surface area contributed by atoms with Crippen LogP contribution in [0.3, 0.4) is 0 Å². The average molecular weight is 445 g/mol. The van der Waals surface area contributed by atoms with Gasteiger partial charge >= 0.3 is 0 Å². The normalized spacial score (nSPS) is 25.1. The van der Waals surface area contributed by atoms with Gasteiger partial charge in [-0.15, -0.1) is 24.0 Å². The number of nitrogens with zero attached hydrogens (tertiary/aromatic N) is 4. The molecule has 24 heavy (non-hydrogen) atoms. The lowest BCUT2D eigenvalue weighted by Gasteiger charge is -2.25. The third-order valence-electron chi connectivity index (χ3n) is 5.71. The highest BCUT2D eigenvalue weighted by atomic mass is 127. The molecule has 0 aromatic carbocycles. The van der Waals surface area contributed by atoms with E-state index in [4.69, 9.17) is 5.10 Å². The van der Waals surface area contributed by atoms with Crippen molar-refractivity contribution in [3.05, 3.63) is 18.0 Å². The topological polar surface area (TPSA) is 45.5 Å². The molecule has 1 unspecified atom stereocenters. The van der Waals surface area contributed by atoms with E-state index < -0.39 is 0 Å². The van der Waals surface area contributed by atoms with Gasteiger partial charge in [-0.05, 0) is 37.2 Å². The third kappa shape index (κ3) is 4.43. The van der Waals surface area contributed by atoms with Crippen LogP contribution in [0.2, 0.25) is 0 Å². The van der Waals surface area contributed by atoms with Gasteiger partial charge in [-0.25, -0.2) is 0 Å². The number of hydrogen-bond donors (Lipinski definition) is 1. The van der Waals surface area contributed by atoms with Gasteiger partial charge in [0.2, 0.25) is 0 Å². The molecule has 1 atom stereocenters. The molecule has 6 heteroatoms. The Bertz CT molecular complexity index is 549. The maximum atomic E-state index is 4.75. The van der Waals surface area contributed by atoms with E-state index in [1.807, 2.05) is 7.05 Å². The van der Waals surface area contributed by atoms with Crippen LogP contribution in [-0.4, -0.2) is 40.8 Å². The van der Waals surface area contributed by atoms with Crippen LogP contribution in [0, 0.1) is 5.41 Å². The van der Waals surface area contributed by atoms with Crippen LogP contribution in [0.1, 0.15) is 64.1 Å². The molecule has 3 rings (SSSR count). The van der Waals surface area contributed by atoms with Crippen LogP contribution in [0.4, 0.5) is 0 Å². The van der Waals surface area contributed by atoms with E-state index >= 15 is 0 Å². The Labute approximate surface area is 163 Å². The molecule has 136 valence electrons. The maximum absolute atomic E-state index is 4.75. The largest absolute Gasteiger partial charge is 0.351 e. The summed E-state index contributed by atoms with van der Waals surface area (Å²) >= 11 is 0. The molecule has 0 amide bonds. The number of halogens is 1. The Morgan fingerprint density at radius 2 is 2.17 bits per heavy atom. The molecule has 0 radical (unpaired) electrons. The molecular weight excluding hydrogens is 413 g/mol. The zero-order chi connectivity index (χ0) is 16.3. The number of hydrogen-bond acceptors (Lipinski definition) is 2. The average Bonchev–Trinajstić information content (AvgIpc) is 3.28.